The Morgan fingerprint density at radius 1 is 1.37 bits per heavy atom. The number of ether oxygens (including phenoxy) is 1. The lowest BCUT2D eigenvalue weighted by Gasteiger charge is -2.32. The average Bonchev–Trinajstić information content (AvgIpc) is 2.31. The highest BCUT2D eigenvalue weighted by molar-refractivity contribution is 5.63. The fourth-order valence-electron chi connectivity index (χ4n) is 2.30. The fraction of sp³-hybridized carbons (Fsp3) is 0.571. The molecular formula is C14H24FN3O. The summed E-state index contributed by atoms with van der Waals surface area (Å²) in [4.78, 5) is 4.09. The first-order chi connectivity index (χ1) is 8.90. The second-order valence-corrected chi connectivity index (χ2v) is 4.94. The molecule has 0 aliphatic carbocycles. The van der Waals surface area contributed by atoms with Crippen LogP contribution < -0.4 is 15.4 Å². The molecule has 0 spiro atoms. The lowest BCUT2D eigenvalue weighted by molar-refractivity contribution is 0.371. The van der Waals surface area contributed by atoms with Crippen LogP contribution in [0, 0.1) is 5.82 Å². The maximum absolute atomic E-state index is 14.1. The van der Waals surface area contributed by atoms with Gasteiger partial charge >= 0.3 is 0 Å². The lowest BCUT2D eigenvalue weighted by atomic mass is 10.2. The van der Waals surface area contributed by atoms with Crippen molar-refractivity contribution in [1.82, 2.24) is 4.90 Å². The quantitative estimate of drug-likeness (QED) is 0.804. The minimum atomic E-state index is -0.314. The molecule has 1 aromatic rings. The van der Waals surface area contributed by atoms with E-state index in [-0.39, 0.29) is 11.9 Å². The molecule has 1 aromatic carbocycles. The van der Waals surface area contributed by atoms with Gasteiger partial charge in [-0.1, -0.05) is 0 Å². The Morgan fingerprint density at radius 2 is 2.00 bits per heavy atom. The normalized spacial score (nSPS) is 12.6. The van der Waals surface area contributed by atoms with Crippen molar-refractivity contribution >= 4 is 11.4 Å². The first-order valence-corrected chi connectivity index (χ1v) is 6.45. The summed E-state index contributed by atoms with van der Waals surface area (Å²) in [5, 5.41) is 0. The highest BCUT2D eigenvalue weighted by atomic mass is 19.1. The number of hydrogen-bond donors (Lipinski definition) is 1. The summed E-state index contributed by atoms with van der Waals surface area (Å²) >= 11 is 0. The summed E-state index contributed by atoms with van der Waals surface area (Å²) in [5.41, 5.74) is 6.56. The molecular weight excluding hydrogens is 245 g/mol. The molecule has 0 amide bonds. The highest BCUT2D eigenvalue weighted by Gasteiger charge is 2.19. The maximum Gasteiger partial charge on any atom is 0.148 e. The van der Waals surface area contributed by atoms with Crippen molar-refractivity contribution in [3.05, 3.63) is 17.9 Å². The molecule has 0 bridgehead atoms. The minimum absolute atomic E-state index is 0.197. The summed E-state index contributed by atoms with van der Waals surface area (Å²) in [6.45, 7) is 5.65. The Labute approximate surface area is 114 Å². The number of rotatable bonds is 6. The third-order valence-corrected chi connectivity index (χ3v) is 3.11. The molecule has 2 N–H and O–H groups in total. The Balaban J connectivity index is 3.10. The fourth-order valence-corrected chi connectivity index (χ4v) is 2.30. The molecule has 4 nitrogen and oxygen atoms in total. The molecule has 0 fully saturated rings. The van der Waals surface area contributed by atoms with Gasteiger partial charge < -0.3 is 20.3 Å². The summed E-state index contributed by atoms with van der Waals surface area (Å²) in [7, 11) is 5.54. The van der Waals surface area contributed by atoms with E-state index in [2.05, 4.69) is 11.8 Å². The molecule has 108 valence electrons. The molecule has 1 atom stereocenters. The Kier molecular flexibility index (Phi) is 5.42. The zero-order chi connectivity index (χ0) is 14.6. The highest BCUT2D eigenvalue weighted by Crippen LogP contribution is 2.31. The molecule has 0 saturated heterocycles. The van der Waals surface area contributed by atoms with Gasteiger partial charge in [0.15, 0.2) is 0 Å². The molecule has 0 aliphatic heterocycles. The Bertz CT molecular complexity index is 423. The van der Waals surface area contributed by atoms with E-state index < -0.39 is 0 Å². The molecule has 1 rings (SSSR count). The van der Waals surface area contributed by atoms with E-state index in [1.54, 1.807) is 6.07 Å². The van der Waals surface area contributed by atoms with Crippen LogP contribution in [0.5, 0.6) is 5.75 Å². The number of anilines is 2. The third kappa shape index (κ3) is 3.73. The van der Waals surface area contributed by atoms with Crippen LogP contribution in [0.1, 0.15) is 13.8 Å². The van der Waals surface area contributed by atoms with Crippen molar-refractivity contribution in [3.63, 3.8) is 0 Å². The summed E-state index contributed by atoms with van der Waals surface area (Å²) in [5.74, 6) is 0.192. The molecule has 0 aliphatic rings. The van der Waals surface area contributed by atoms with Crippen molar-refractivity contribution in [2.75, 3.05) is 44.9 Å². The minimum Gasteiger partial charge on any atom is -0.495 e. The zero-order valence-corrected chi connectivity index (χ0v) is 12.4. The smallest absolute Gasteiger partial charge is 0.148 e. The van der Waals surface area contributed by atoms with Crippen molar-refractivity contribution in [2.45, 2.75) is 19.9 Å². The third-order valence-electron chi connectivity index (χ3n) is 3.11. The van der Waals surface area contributed by atoms with E-state index in [0.29, 0.717) is 17.1 Å². The van der Waals surface area contributed by atoms with Crippen molar-refractivity contribution in [1.29, 1.82) is 0 Å². The summed E-state index contributed by atoms with van der Waals surface area (Å²) in [6.07, 6.45) is 0. The van der Waals surface area contributed by atoms with Gasteiger partial charge in [-0.05, 0) is 27.9 Å². The largest absolute Gasteiger partial charge is 0.495 e. The average molecular weight is 269 g/mol. The van der Waals surface area contributed by atoms with Crippen LogP contribution in [0.25, 0.3) is 0 Å². The topological polar surface area (TPSA) is 41.7 Å². The van der Waals surface area contributed by atoms with Crippen LogP contribution in [0.4, 0.5) is 15.8 Å². The predicted molar refractivity (Wildman–Crippen MR) is 78.4 cm³/mol. The maximum atomic E-state index is 14.1. The Morgan fingerprint density at radius 3 is 2.47 bits per heavy atom. The number of hydrogen-bond acceptors (Lipinski definition) is 4. The predicted octanol–water partition coefficient (Wildman–Crippen LogP) is 2.19. The van der Waals surface area contributed by atoms with Crippen molar-refractivity contribution in [3.8, 4) is 5.75 Å². The van der Waals surface area contributed by atoms with Gasteiger partial charge in [0.2, 0.25) is 0 Å². The van der Waals surface area contributed by atoms with Gasteiger partial charge in [0.25, 0.3) is 0 Å². The van der Waals surface area contributed by atoms with E-state index in [1.165, 1.54) is 13.2 Å². The van der Waals surface area contributed by atoms with Gasteiger partial charge in [0.05, 0.1) is 18.5 Å². The summed E-state index contributed by atoms with van der Waals surface area (Å²) < 4.78 is 19.3. The molecule has 0 radical (unpaired) electrons. The number of benzene rings is 1. The molecule has 0 saturated carbocycles. The molecule has 1 unspecified atom stereocenters. The molecule has 0 aromatic heterocycles. The number of nitrogen functional groups attached to an aromatic ring is 1. The SMILES string of the molecule is CCN(c1cc(OC)c(N)cc1F)C(C)CN(C)C. The Hall–Kier alpha value is -1.49. The van der Waals surface area contributed by atoms with Gasteiger partial charge in [-0.25, -0.2) is 4.39 Å². The van der Waals surface area contributed by atoms with Crippen LogP contribution in [-0.2, 0) is 0 Å². The van der Waals surface area contributed by atoms with Gasteiger partial charge in [0.1, 0.15) is 11.6 Å². The van der Waals surface area contributed by atoms with Gasteiger partial charge in [0, 0.05) is 31.3 Å². The van der Waals surface area contributed by atoms with Gasteiger partial charge in [-0.2, -0.15) is 0 Å². The van der Waals surface area contributed by atoms with Crippen LogP contribution in [0.3, 0.4) is 0 Å². The van der Waals surface area contributed by atoms with Crippen LogP contribution >= 0.6 is 0 Å². The molecule has 19 heavy (non-hydrogen) atoms. The number of methoxy groups -OCH3 is 1. The van der Waals surface area contributed by atoms with Gasteiger partial charge in [-0.15, -0.1) is 0 Å². The zero-order valence-electron chi connectivity index (χ0n) is 12.4. The van der Waals surface area contributed by atoms with Crippen molar-refractivity contribution in [2.24, 2.45) is 0 Å². The van der Waals surface area contributed by atoms with Crippen LogP contribution in [-0.4, -0.2) is 45.2 Å². The summed E-state index contributed by atoms with van der Waals surface area (Å²) in [6, 6.07) is 3.18. The van der Waals surface area contributed by atoms with E-state index >= 15 is 0 Å². The van der Waals surface area contributed by atoms with E-state index in [4.69, 9.17) is 10.5 Å². The number of halogens is 1. The molecule has 5 heteroatoms. The van der Waals surface area contributed by atoms with Crippen molar-refractivity contribution < 1.29 is 9.13 Å². The number of likely N-dealkylation sites (N-methyl/N-ethyl adjacent to an activating group) is 2. The van der Waals surface area contributed by atoms with E-state index in [9.17, 15) is 4.39 Å². The van der Waals surface area contributed by atoms with Gasteiger partial charge in [-0.3, -0.25) is 0 Å². The second-order valence-electron chi connectivity index (χ2n) is 4.94. The number of nitrogens with zero attached hydrogens (tertiary/aromatic N) is 2. The van der Waals surface area contributed by atoms with Crippen LogP contribution in [0.15, 0.2) is 12.1 Å². The van der Waals surface area contributed by atoms with E-state index in [0.717, 1.165) is 13.1 Å². The first-order valence-electron chi connectivity index (χ1n) is 6.45. The van der Waals surface area contributed by atoms with E-state index in [1.807, 2.05) is 25.9 Å². The van der Waals surface area contributed by atoms with Crippen LogP contribution in [0.2, 0.25) is 0 Å². The standard InChI is InChI=1S/C14H24FN3O/c1-6-18(10(2)9-17(3)4)13-8-14(19-5)12(16)7-11(13)15/h7-8,10H,6,9,16H2,1-5H3. The first kappa shape index (κ1) is 15.6. The number of nitrogens with two attached hydrogens (primary N) is 1. The monoisotopic (exact) mass is 269 g/mol. The molecule has 0 heterocycles. The lowest BCUT2D eigenvalue weighted by Crippen LogP contribution is -2.40. The second kappa shape index (κ2) is 6.61.